The molecule has 0 radical (unpaired) electrons. The van der Waals surface area contributed by atoms with E-state index in [2.05, 4.69) is 4.98 Å². The Hall–Kier alpha value is -1.94. The minimum atomic E-state index is -0.0553. The van der Waals surface area contributed by atoms with Crippen molar-refractivity contribution < 1.29 is 4.79 Å². The van der Waals surface area contributed by atoms with Gasteiger partial charge in [0.1, 0.15) is 5.69 Å². The van der Waals surface area contributed by atoms with Crippen molar-refractivity contribution in [2.45, 2.75) is 6.42 Å². The minimum Gasteiger partial charge on any atom is -0.340 e. The molecule has 0 saturated carbocycles. The summed E-state index contributed by atoms with van der Waals surface area (Å²) in [5, 5.41) is 1.92. The third-order valence-electron chi connectivity index (χ3n) is 2.92. The van der Waals surface area contributed by atoms with Crippen molar-refractivity contribution >= 4 is 16.7 Å². The number of nitrogens with two attached hydrogens (primary N) is 1. The molecular weight excluding hydrogens is 226 g/mol. The zero-order chi connectivity index (χ0) is 13.0. The van der Waals surface area contributed by atoms with Gasteiger partial charge in [-0.3, -0.25) is 9.78 Å². The molecule has 0 aliphatic heterocycles. The summed E-state index contributed by atoms with van der Waals surface area (Å²) in [7, 11) is 1.78. The van der Waals surface area contributed by atoms with Gasteiger partial charge in [-0.2, -0.15) is 0 Å². The third kappa shape index (κ3) is 2.49. The second-order valence-electron chi connectivity index (χ2n) is 4.25. The van der Waals surface area contributed by atoms with E-state index in [1.807, 2.05) is 30.3 Å². The van der Waals surface area contributed by atoms with Crippen LogP contribution in [0.15, 0.2) is 36.5 Å². The maximum atomic E-state index is 12.3. The molecule has 4 heteroatoms. The second-order valence-corrected chi connectivity index (χ2v) is 4.25. The normalized spacial score (nSPS) is 10.6. The highest BCUT2D eigenvalue weighted by Crippen LogP contribution is 2.17. The number of fused-ring (bicyclic) bond motifs is 1. The molecule has 94 valence electrons. The van der Waals surface area contributed by atoms with Crippen LogP contribution in [0.3, 0.4) is 0 Å². The number of aromatic nitrogens is 1. The molecule has 1 aromatic heterocycles. The summed E-state index contributed by atoms with van der Waals surface area (Å²) in [4.78, 5) is 18.2. The predicted octanol–water partition coefficient (Wildman–Crippen LogP) is 1.66. The van der Waals surface area contributed by atoms with E-state index in [0.717, 1.165) is 17.2 Å². The van der Waals surface area contributed by atoms with Gasteiger partial charge in [0, 0.05) is 25.2 Å². The van der Waals surface area contributed by atoms with E-state index in [9.17, 15) is 4.79 Å². The van der Waals surface area contributed by atoms with Gasteiger partial charge < -0.3 is 10.6 Å². The highest BCUT2D eigenvalue weighted by molar-refractivity contribution is 6.04. The van der Waals surface area contributed by atoms with Crippen molar-refractivity contribution in [1.82, 2.24) is 9.88 Å². The van der Waals surface area contributed by atoms with Gasteiger partial charge in [-0.1, -0.05) is 24.3 Å². The van der Waals surface area contributed by atoms with Gasteiger partial charge in [-0.15, -0.1) is 0 Å². The van der Waals surface area contributed by atoms with Crippen LogP contribution in [-0.2, 0) is 0 Å². The van der Waals surface area contributed by atoms with Crippen LogP contribution >= 0.6 is 0 Å². The van der Waals surface area contributed by atoms with Gasteiger partial charge in [-0.05, 0) is 24.4 Å². The average Bonchev–Trinajstić information content (AvgIpc) is 2.43. The minimum absolute atomic E-state index is 0.0553. The summed E-state index contributed by atoms with van der Waals surface area (Å²) in [5.74, 6) is -0.0553. The van der Waals surface area contributed by atoms with Gasteiger partial charge in [-0.25, -0.2) is 0 Å². The van der Waals surface area contributed by atoms with E-state index >= 15 is 0 Å². The molecule has 0 spiro atoms. The molecule has 0 aliphatic carbocycles. The molecule has 0 atom stereocenters. The van der Waals surface area contributed by atoms with Crippen LogP contribution in [0, 0.1) is 0 Å². The Kier molecular flexibility index (Phi) is 3.89. The molecule has 0 saturated heterocycles. The fourth-order valence-corrected chi connectivity index (χ4v) is 1.90. The summed E-state index contributed by atoms with van der Waals surface area (Å²) in [6.07, 6.45) is 2.47. The Morgan fingerprint density at radius 2 is 2.11 bits per heavy atom. The lowest BCUT2D eigenvalue weighted by molar-refractivity contribution is 0.0791. The first-order valence-corrected chi connectivity index (χ1v) is 6.03. The van der Waals surface area contributed by atoms with Crippen molar-refractivity contribution in [3.63, 3.8) is 0 Å². The van der Waals surface area contributed by atoms with Crippen LogP contribution in [-0.4, -0.2) is 35.9 Å². The SMILES string of the molecule is CN(CCCN)C(=O)c1nccc2ccccc12. The van der Waals surface area contributed by atoms with Crippen LogP contribution in [0.25, 0.3) is 10.8 Å². The molecule has 0 unspecified atom stereocenters. The number of benzene rings is 1. The first kappa shape index (κ1) is 12.5. The average molecular weight is 243 g/mol. The second kappa shape index (κ2) is 5.60. The molecule has 1 aromatic carbocycles. The molecule has 2 aromatic rings. The molecule has 4 nitrogen and oxygen atoms in total. The zero-order valence-corrected chi connectivity index (χ0v) is 10.5. The van der Waals surface area contributed by atoms with E-state index in [1.165, 1.54) is 0 Å². The summed E-state index contributed by atoms with van der Waals surface area (Å²) < 4.78 is 0. The number of pyridine rings is 1. The Morgan fingerprint density at radius 3 is 2.89 bits per heavy atom. The lowest BCUT2D eigenvalue weighted by atomic mass is 10.1. The Morgan fingerprint density at radius 1 is 1.33 bits per heavy atom. The van der Waals surface area contributed by atoms with Crippen LogP contribution < -0.4 is 5.73 Å². The molecule has 18 heavy (non-hydrogen) atoms. The highest BCUT2D eigenvalue weighted by Gasteiger charge is 2.15. The van der Waals surface area contributed by atoms with Crippen molar-refractivity contribution in [2.75, 3.05) is 20.1 Å². The molecule has 0 aliphatic rings. The molecule has 2 rings (SSSR count). The van der Waals surface area contributed by atoms with E-state index in [1.54, 1.807) is 18.1 Å². The largest absolute Gasteiger partial charge is 0.340 e. The van der Waals surface area contributed by atoms with Crippen LogP contribution in [0.4, 0.5) is 0 Å². The maximum absolute atomic E-state index is 12.3. The fourth-order valence-electron chi connectivity index (χ4n) is 1.90. The maximum Gasteiger partial charge on any atom is 0.272 e. The summed E-state index contributed by atoms with van der Waals surface area (Å²) in [6.45, 7) is 1.24. The number of hydrogen-bond donors (Lipinski definition) is 1. The topological polar surface area (TPSA) is 59.2 Å². The van der Waals surface area contributed by atoms with Gasteiger partial charge in [0.15, 0.2) is 0 Å². The van der Waals surface area contributed by atoms with E-state index in [-0.39, 0.29) is 5.91 Å². The Labute approximate surface area is 106 Å². The number of carbonyl (C=O) groups excluding carboxylic acids is 1. The number of carbonyl (C=O) groups is 1. The molecule has 0 fully saturated rings. The number of amides is 1. The van der Waals surface area contributed by atoms with Crippen molar-refractivity contribution in [3.8, 4) is 0 Å². The van der Waals surface area contributed by atoms with Crippen LogP contribution in [0.2, 0.25) is 0 Å². The molecular formula is C14H17N3O. The predicted molar refractivity (Wildman–Crippen MR) is 72.4 cm³/mol. The quantitative estimate of drug-likeness (QED) is 0.888. The highest BCUT2D eigenvalue weighted by atomic mass is 16.2. The number of hydrogen-bond acceptors (Lipinski definition) is 3. The lowest BCUT2D eigenvalue weighted by Gasteiger charge is -2.17. The smallest absolute Gasteiger partial charge is 0.272 e. The van der Waals surface area contributed by atoms with Gasteiger partial charge in [0.25, 0.3) is 5.91 Å². The van der Waals surface area contributed by atoms with Crippen molar-refractivity contribution in [2.24, 2.45) is 5.73 Å². The van der Waals surface area contributed by atoms with E-state index in [4.69, 9.17) is 5.73 Å². The van der Waals surface area contributed by atoms with E-state index < -0.39 is 0 Å². The lowest BCUT2D eigenvalue weighted by Crippen LogP contribution is -2.29. The standard InChI is InChI=1S/C14H17N3O/c1-17(10-4-8-15)14(18)13-12-6-3-2-5-11(12)7-9-16-13/h2-3,5-7,9H,4,8,10,15H2,1H3. The van der Waals surface area contributed by atoms with E-state index in [0.29, 0.717) is 18.8 Å². The van der Waals surface area contributed by atoms with Gasteiger partial charge in [0.05, 0.1) is 0 Å². The monoisotopic (exact) mass is 243 g/mol. The van der Waals surface area contributed by atoms with Crippen molar-refractivity contribution in [3.05, 3.63) is 42.2 Å². The summed E-state index contributed by atoms with van der Waals surface area (Å²) >= 11 is 0. The van der Waals surface area contributed by atoms with Gasteiger partial charge >= 0.3 is 0 Å². The molecule has 2 N–H and O–H groups in total. The molecule has 1 amide bonds. The van der Waals surface area contributed by atoms with Crippen molar-refractivity contribution in [1.29, 1.82) is 0 Å². The molecule has 1 heterocycles. The number of nitrogens with zero attached hydrogens (tertiary/aromatic N) is 2. The third-order valence-corrected chi connectivity index (χ3v) is 2.92. The Balaban J connectivity index is 2.33. The van der Waals surface area contributed by atoms with Crippen LogP contribution in [0.5, 0.6) is 0 Å². The molecule has 0 bridgehead atoms. The summed E-state index contributed by atoms with van der Waals surface area (Å²) in [6, 6.07) is 9.68. The zero-order valence-electron chi connectivity index (χ0n) is 10.5. The summed E-state index contributed by atoms with van der Waals surface area (Å²) in [5.41, 5.74) is 5.96. The first-order valence-electron chi connectivity index (χ1n) is 6.03. The number of rotatable bonds is 4. The Bertz CT molecular complexity index is 548. The first-order chi connectivity index (χ1) is 8.74. The van der Waals surface area contributed by atoms with Crippen LogP contribution in [0.1, 0.15) is 16.9 Å². The fraction of sp³-hybridized carbons (Fsp3) is 0.286. The van der Waals surface area contributed by atoms with Gasteiger partial charge in [0.2, 0.25) is 0 Å².